The molecule has 1 nitrogen and oxygen atoms in total. The third-order valence-corrected chi connectivity index (χ3v) is 7.52. The van der Waals surface area contributed by atoms with Gasteiger partial charge in [0.25, 0.3) is 0 Å². The Labute approximate surface area is 91.8 Å². The standard InChI is InChI=1S/C12H13BrO/c1-12(13)9-4-2-3-5-6(4)10(12)8(5)11(14)7(3)9/h3-10H,2H2,1H3/t3-,4+,5+,6+,7+,8-,9-,10+,12+/m1/s1. The molecular weight excluding hydrogens is 240 g/mol. The van der Waals surface area contributed by atoms with Crippen LogP contribution in [0.4, 0.5) is 0 Å². The molecule has 0 aromatic heterocycles. The molecule has 0 aromatic carbocycles. The first-order valence-electron chi connectivity index (χ1n) is 5.86. The Kier molecular flexibility index (Phi) is 0.883. The van der Waals surface area contributed by atoms with Gasteiger partial charge in [-0.05, 0) is 48.9 Å². The molecule has 0 spiro atoms. The summed E-state index contributed by atoms with van der Waals surface area (Å²) in [6, 6.07) is 0. The molecule has 0 aliphatic heterocycles. The zero-order chi connectivity index (χ0) is 9.40. The van der Waals surface area contributed by atoms with Crippen LogP contribution in [0.2, 0.25) is 0 Å². The average Bonchev–Trinajstić information content (AvgIpc) is 2.52. The van der Waals surface area contributed by atoms with Crippen molar-refractivity contribution in [2.45, 2.75) is 17.7 Å². The van der Waals surface area contributed by atoms with E-state index in [9.17, 15) is 4.79 Å². The van der Waals surface area contributed by atoms with Crippen LogP contribution in [0.1, 0.15) is 13.3 Å². The highest BCUT2D eigenvalue weighted by molar-refractivity contribution is 9.10. The second kappa shape index (κ2) is 1.66. The number of carbonyl (C=O) groups excluding carboxylic acids is 1. The van der Waals surface area contributed by atoms with E-state index in [4.69, 9.17) is 0 Å². The third-order valence-electron chi connectivity index (χ3n) is 6.46. The van der Waals surface area contributed by atoms with Crippen molar-refractivity contribution in [2.75, 3.05) is 0 Å². The van der Waals surface area contributed by atoms with Crippen molar-refractivity contribution in [1.29, 1.82) is 0 Å². The molecule has 9 atom stereocenters. The largest absolute Gasteiger partial charge is 0.299 e. The van der Waals surface area contributed by atoms with Crippen molar-refractivity contribution >= 4 is 21.7 Å². The van der Waals surface area contributed by atoms with Crippen LogP contribution in [0, 0.1) is 47.3 Å². The normalized spacial score (nSPS) is 80.3. The Morgan fingerprint density at radius 1 is 1.21 bits per heavy atom. The van der Waals surface area contributed by atoms with Gasteiger partial charge in [-0.15, -0.1) is 0 Å². The van der Waals surface area contributed by atoms with E-state index in [-0.39, 0.29) is 0 Å². The first kappa shape index (κ1) is 7.43. The predicted molar refractivity (Wildman–Crippen MR) is 54.9 cm³/mol. The van der Waals surface area contributed by atoms with E-state index in [1.54, 1.807) is 0 Å². The third kappa shape index (κ3) is 0.417. The number of carbonyl (C=O) groups is 1. The van der Waals surface area contributed by atoms with Gasteiger partial charge >= 0.3 is 0 Å². The maximum absolute atomic E-state index is 12.2. The van der Waals surface area contributed by atoms with Crippen molar-refractivity contribution in [1.82, 2.24) is 0 Å². The van der Waals surface area contributed by atoms with Crippen molar-refractivity contribution in [3.63, 3.8) is 0 Å². The van der Waals surface area contributed by atoms with Gasteiger partial charge in [-0.2, -0.15) is 0 Å². The molecule has 2 heteroatoms. The lowest BCUT2D eigenvalue weighted by atomic mass is 9.57. The maximum atomic E-state index is 12.2. The van der Waals surface area contributed by atoms with E-state index < -0.39 is 0 Å². The topological polar surface area (TPSA) is 17.1 Å². The predicted octanol–water partition coefficient (Wildman–Crippen LogP) is 2.10. The van der Waals surface area contributed by atoms with Crippen molar-refractivity contribution in [3.05, 3.63) is 0 Å². The molecule has 0 N–H and O–H groups in total. The summed E-state index contributed by atoms with van der Waals surface area (Å²) in [5.74, 6) is 6.61. The Bertz CT molecular complexity index is 388. The zero-order valence-electron chi connectivity index (χ0n) is 8.11. The molecule has 5 fully saturated rings. The number of fused-ring (bicyclic) bond motifs is 2. The van der Waals surface area contributed by atoms with Gasteiger partial charge in [0.15, 0.2) is 0 Å². The summed E-state index contributed by atoms with van der Waals surface area (Å²) in [5.41, 5.74) is 0. The first-order valence-corrected chi connectivity index (χ1v) is 6.66. The van der Waals surface area contributed by atoms with E-state index in [0.29, 0.717) is 27.9 Å². The molecule has 5 aliphatic rings. The SMILES string of the molecule is C[C@]1(Br)[C@@H]2[C@H]3C[C@H]4[C@@H]2C(=O)[C@@H]2[C@@H]4[C@H]3[C@@H]21. The molecule has 0 unspecified atom stereocenters. The fourth-order valence-electron chi connectivity index (χ4n) is 6.54. The summed E-state index contributed by atoms with van der Waals surface area (Å²) < 4.78 is 0.327. The summed E-state index contributed by atoms with van der Waals surface area (Å²) in [7, 11) is 0. The molecule has 0 saturated heterocycles. The molecular formula is C12H13BrO. The van der Waals surface area contributed by atoms with E-state index in [1.165, 1.54) is 6.42 Å². The van der Waals surface area contributed by atoms with Gasteiger partial charge in [-0.25, -0.2) is 0 Å². The van der Waals surface area contributed by atoms with E-state index >= 15 is 0 Å². The fraction of sp³-hybridized carbons (Fsp3) is 0.917. The van der Waals surface area contributed by atoms with Gasteiger partial charge in [-0.1, -0.05) is 15.9 Å². The van der Waals surface area contributed by atoms with Gasteiger partial charge in [0.2, 0.25) is 0 Å². The van der Waals surface area contributed by atoms with Crippen molar-refractivity contribution in [2.24, 2.45) is 47.3 Å². The first-order chi connectivity index (χ1) is 6.64. The molecule has 5 saturated carbocycles. The Morgan fingerprint density at radius 3 is 2.79 bits per heavy atom. The van der Waals surface area contributed by atoms with Crippen molar-refractivity contribution in [3.8, 4) is 0 Å². The molecule has 5 rings (SSSR count). The summed E-state index contributed by atoms with van der Waals surface area (Å²) in [5, 5.41) is 0. The smallest absolute Gasteiger partial charge is 0.140 e. The lowest BCUT2D eigenvalue weighted by molar-refractivity contribution is -0.134. The van der Waals surface area contributed by atoms with E-state index in [0.717, 1.165) is 29.6 Å². The second-order valence-corrected chi connectivity index (χ2v) is 8.08. The van der Waals surface area contributed by atoms with E-state index in [1.807, 2.05) is 0 Å². The lowest BCUT2D eigenvalue weighted by Crippen LogP contribution is -2.53. The molecule has 5 aliphatic carbocycles. The highest BCUT2D eigenvalue weighted by Gasteiger charge is 2.86. The van der Waals surface area contributed by atoms with Gasteiger partial charge in [0.1, 0.15) is 5.78 Å². The maximum Gasteiger partial charge on any atom is 0.140 e. The summed E-state index contributed by atoms with van der Waals surface area (Å²) in [6.07, 6.45) is 1.39. The molecule has 14 heavy (non-hydrogen) atoms. The zero-order valence-corrected chi connectivity index (χ0v) is 9.70. The minimum atomic E-state index is 0.327. The summed E-state index contributed by atoms with van der Waals surface area (Å²) in [4.78, 5) is 12.2. The van der Waals surface area contributed by atoms with Crippen LogP contribution in [0.15, 0.2) is 0 Å². The van der Waals surface area contributed by atoms with Crippen LogP contribution < -0.4 is 0 Å². The number of alkyl halides is 1. The van der Waals surface area contributed by atoms with Gasteiger partial charge in [0.05, 0.1) is 0 Å². The molecule has 0 amide bonds. The van der Waals surface area contributed by atoms with Crippen LogP contribution in [-0.2, 0) is 4.79 Å². The average molecular weight is 253 g/mol. The van der Waals surface area contributed by atoms with Gasteiger partial charge in [0, 0.05) is 16.2 Å². The quantitative estimate of drug-likeness (QED) is 0.604. The minimum Gasteiger partial charge on any atom is -0.299 e. The highest BCUT2D eigenvalue weighted by atomic mass is 79.9. The van der Waals surface area contributed by atoms with Crippen LogP contribution in [0.25, 0.3) is 0 Å². The van der Waals surface area contributed by atoms with Crippen LogP contribution in [0.3, 0.4) is 0 Å². The minimum absolute atomic E-state index is 0.327. The summed E-state index contributed by atoms with van der Waals surface area (Å²) in [6.45, 7) is 2.37. The van der Waals surface area contributed by atoms with Crippen LogP contribution in [-0.4, -0.2) is 10.1 Å². The van der Waals surface area contributed by atoms with E-state index in [2.05, 4.69) is 22.9 Å². The number of ketones is 1. The highest BCUT2D eigenvalue weighted by Crippen LogP contribution is 2.85. The Hall–Kier alpha value is 0.150. The molecule has 0 radical (unpaired) electrons. The molecule has 0 aromatic rings. The Morgan fingerprint density at radius 2 is 2.00 bits per heavy atom. The number of halogens is 1. The number of hydrogen-bond donors (Lipinski definition) is 0. The van der Waals surface area contributed by atoms with Crippen LogP contribution >= 0.6 is 15.9 Å². The van der Waals surface area contributed by atoms with Gasteiger partial charge in [-0.3, -0.25) is 4.79 Å². The molecule has 2 bridgehead atoms. The van der Waals surface area contributed by atoms with Crippen molar-refractivity contribution < 1.29 is 4.79 Å². The van der Waals surface area contributed by atoms with Crippen LogP contribution in [0.5, 0.6) is 0 Å². The molecule has 0 heterocycles. The molecule has 74 valence electrons. The summed E-state index contributed by atoms with van der Waals surface area (Å²) >= 11 is 3.97. The Balaban J connectivity index is 1.87. The lowest BCUT2D eigenvalue weighted by Gasteiger charge is -2.49. The van der Waals surface area contributed by atoms with Gasteiger partial charge < -0.3 is 0 Å². The monoisotopic (exact) mass is 252 g/mol. The second-order valence-electron chi connectivity index (χ2n) is 6.37. The fourth-order valence-corrected chi connectivity index (χ4v) is 7.76. The number of hydrogen-bond acceptors (Lipinski definition) is 1. The number of Topliss-reactive ketones (excluding diaryl/α,β-unsaturated/α-hetero) is 1. The number of rotatable bonds is 0.